The predicted octanol–water partition coefficient (Wildman–Crippen LogP) is 0.607. The molecule has 1 aliphatic carbocycles. The maximum absolute atomic E-state index is 11.7. The van der Waals surface area contributed by atoms with Crippen LogP contribution in [-0.2, 0) is 4.79 Å². The number of piperidine rings is 1. The van der Waals surface area contributed by atoms with Crippen molar-refractivity contribution in [3.05, 3.63) is 0 Å². The van der Waals surface area contributed by atoms with Crippen LogP contribution in [0, 0.1) is 5.92 Å². The van der Waals surface area contributed by atoms with Gasteiger partial charge in [0.2, 0.25) is 5.91 Å². The Balaban J connectivity index is 1.87. The lowest BCUT2D eigenvalue weighted by atomic mass is 10.1. The van der Waals surface area contributed by atoms with E-state index < -0.39 is 0 Å². The van der Waals surface area contributed by atoms with Gasteiger partial charge in [0.1, 0.15) is 0 Å². The molecule has 0 radical (unpaired) electrons. The standard InChI is InChI=1S/C10H18N2O/c1-11-9-3-2-6-12(7-9)10(13)8-4-5-8/h8-9,11H,2-7H2,1H3. The van der Waals surface area contributed by atoms with E-state index in [4.69, 9.17) is 0 Å². The van der Waals surface area contributed by atoms with Crippen LogP contribution in [0.2, 0.25) is 0 Å². The Hall–Kier alpha value is -0.570. The first-order valence-corrected chi connectivity index (χ1v) is 5.27. The number of nitrogens with zero attached hydrogens (tertiary/aromatic N) is 1. The Bertz CT molecular complexity index is 201. The van der Waals surface area contributed by atoms with Crippen molar-refractivity contribution in [1.29, 1.82) is 0 Å². The van der Waals surface area contributed by atoms with Crippen molar-refractivity contribution in [2.45, 2.75) is 31.7 Å². The number of carbonyl (C=O) groups is 1. The van der Waals surface area contributed by atoms with Gasteiger partial charge in [0, 0.05) is 25.0 Å². The molecule has 1 heterocycles. The molecule has 74 valence electrons. The van der Waals surface area contributed by atoms with E-state index in [0.29, 0.717) is 17.9 Å². The maximum atomic E-state index is 11.7. The van der Waals surface area contributed by atoms with Gasteiger partial charge in [-0.05, 0) is 32.7 Å². The van der Waals surface area contributed by atoms with Crippen molar-refractivity contribution < 1.29 is 4.79 Å². The van der Waals surface area contributed by atoms with Gasteiger partial charge in [0.15, 0.2) is 0 Å². The van der Waals surface area contributed by atoms with Gasteiger partial charge in [-0.2, -0.15) is 0 Å². The molecule has 3 nitrogen and oxygen atoms in total. The molecule has 1 atom stereocenters. The summed E-state index contributed by atoms with van der Waals surface area (Å²) >= 11 is 0. The topological polar surface area (TPSA) is 32.3 Å². The minimum absolute atomic E-state index is 0.385. The molecule has 2 rings (SSSR count). The Morgan fingerprint density at radius 1 is 1.38 bits per heavy atom. The van der Waals surface area contributed by atoms with Gasteiger partial charge in [0.25, 0.3) is 0 Å². The van der Waals surface area contributed by atoms with Gasteiger partial charge in [-0.1, -0.05) is 0 Å². The van der Waals surface area contributed by atoms with Crippen LogP contribution >= 0.6 is 0 Å². The first kappa shape index (κ1) is 9.00. The third-order valence-electron chi connectivity index (χ3n) is 3.07. The van der Waals surface area contributed by atoms with Gasteiger partial charge >= 0.3 is 0 Å². The highest BCUT2D eigenvalue weighted by Crippen LogP contribution is 2.31. The Labute approximate surface area is 79.5 Å². The quantitative estimate of drug-likeness (QED) is 0.678. The molecule has 0 aromatic rings. The zero-order chi connectivity index (χ0) is 9.26. The van der Waals surface area contributed by atoms with Crippen LogP contribution in [0.15, 0.2) is 0 Å². The molecular formula is C10H18N2O. The van der Waals surface area contributed by atoms with E-state index in [1.165, 1.54) is 6.42 Å². The fourth-order valence-electron chi connectivity index (χ4n) is 2.00. The smallest absolute Gasteiger partial charge is 0.225 e. The molecule has 1 aliphatic heterocycles. The molecule has 13 heavy (non-hydrogen) atoms. The number of likely N-dealkylation sites (tertiary alicyclic amines) is 1. The summed E-state index contributed by atoms with van der Waals surface area (Å²) in [5.41, 5.74) is 0. The van der Waals surface area contributed by atoms with Crippen LogP contribution < -0.4 is 5.32 Å². The summed E-state index contributed by atoms with van der Waals surface area (Å²) in [4.78, 5) is 13.8. The minimum atomic E-state index is 0.385. The summed E-state index contributed by atoms with van der Waals surface area (Å²) in [6.45, 7) is 1.90. The van der Waals surface area contributed by atoms with Crippen molar-refractivity contribution in [1.82, 2.24) is 10.2 Å². The van der Waals surface area contributed by atoms with Gasteiger partial charge in [0.05, 0.1) is 0 Å². The highest BCUT2D eigenvalue weighted by atomic mass is 16.2. The number of nitrogens with one attached hydrogen (secondary N) is 1. The van der Waals surface area contributed by atoms with E-state index in [1.807, 2.05) is 11.9 Å². The van der Waals surface area contributed by atoms with E-state index in [-0.39, 0.29) is 0 Å². The molecule has 3 heteroatoms. The predicted molar refractivity (Wildman–Crippen MR) is 51.4 cm³/mol. The van der Waals surface area contributed by atoms with Gasteiger partial charge < -0.3 is 10.2 Å². The molecule has 0 aromatic heterocycles. The minimum Gasteiger partial charge on any atom is -0.341 e. The fourth-order valence-corrected chi connectivity index (χ4v) is 2.00. The molecule has 1 saturated carbocycles. The van der Waals surface area contributed by atoms with Crippen molar-refractivity contribution in [3.8, 4) is 0 Å². The lowest BCUT2D eigenvalue weighted by molar-refractivity contribution is -0.133. The monoisotopic (exact) mass is 182 g/mol. The summed E-state index contributed by atoms with van der Waals surface area (Å²) in [5, 5.41) is 3.25. The van der Waals surface area contributed by atoms with E-state index in [0.717, 1.165) is 32.4 Å². The Kier molecular flexibility index (Phi) is 2.54. The molecular weight excluding hydrogens is 164 g/mol. The second-order valence-electron chi connectivity index (χ2n) is 4.19. The molecule has 1 saturated heterocycles. The number of hydrogen-bond acceptors (Lipinski definition) is 2. The second-order valence-corrected chi connectivity index (χ2v) is 4.19. The first-order chi connectivity index (χ1) is 6.31. The SMILES string of the molecule is CNC1CCCN(C(=O)C2CC2)C1. The zero-order valence-corrected chi connectivity index (χ0v) is 8.25. The van der Waals surface area contributed by atoms with Crippen LogP contribution in [0.25, 0.3) is 0 Å². The number of rotatable bonds is 2. The largest absolute Gasteiger partial charge is 0.341 e. The van der Waals surface area contributed by atoms with E-state index >= 15 is 0 Å². The average Bonchev–Trinajstić information content (AvgIpc) is 3.00. The highest BCUT2D eigenvalue weighted by molar-refractivity contribution is 5.81. The van der Waals surface area contributed by atoms with E-state index in [1.54, 1.807) is 0 Å². The Morgan fingerprint density at radius 2 is 2.15 bits per heavy atom. The van der Waals surface area contributed by atoms with Crippen molar-refractivity contribution in [2.75, 3.05) is 20.1 Å². The third-order valence-corrected chi connectivity index (χ3v) is 3.07. The molecule has 2 fully saturated rings. The summed E-state index contributed by atoms with van der Waals surface area (Å²) < 4.78 is 0. The molecule has 0 spiro atoms. The van der Waals surface area contributed by atoms with Gasteiger partial charge in [-0.15, -0.1) is 0 Å². The van der Waals surface area contributed by atoms with Crippen LogP contribution in [0.4, 0.5) is 0 Å². The van der Waals surface area contributed by atoms with Crippen LogP contribution in [0.1, 0.15) is 25.7 Å². The summed E-state index contributed by atoms with van der Waals surface area (Å²) in [7, 11) is 1.98. The number of hydrogen-bond donors (Lipinski definition) is 1. The van der Waals surface area contributed by atoms with Crippen LogP contribution in [0.3, 0.4) is 0 Å². The molecule has 0 aromatic carbocycles. The van der Waals surface area contributed by atoms with Crippen molar-refractivity contribution in [2.24, 2.45) is 5.92 Å². The normalized spacial score (nSPS) is 29.0. The van der Waals surface area contributed by atoms with Crippen LogP contribution in [-0.4, -0.2) is 37.0 Å². The molecule has 1 unspecified atom stereocenters. The van der Waals surface area contributed by atoms with E-state index in [2.05, 4.69) is 5.32 Å². The van der Waals surface area contributed by atoms with Crippen molar-refractivity contribution >= 4 is 5.91 Å². The lowest BCUT2D eigenvalue weighted by Gasteiger charge is -2.32. The van der Waals surface area contributed by atoms with E-state index in [9.17, 15) is 4.79 Å². The summed E-state index contributed by atoms with van der Waals surface area (Å²) in [5.74, 6) is 0.788. The number of amides is 1. The molecule has 1 amide bonds. The maximum Gasteiger partial charge on any atom is 0.225 e. The van der Waals surface area contributed by atoms with Gasteiger partial charge in [-0.3, -0.25) is 4.79 Å². The molecule has 2 aliphatic rings. The lowest BCUT2D eigenvalue weighted by Crippen LogP contribution is -2.47. The second kappa shape index (κ2) is 3.66. The van der Waals surface area contributed by atoms with Crippen LogP contribution in [0.5, 0.6) is 0 Å². The Morgan fingerprint density at radius 3 is 2.77 bits per heavy atom. The first-order valence-electron chi connectivity index (χ1n) is 5.27. The summed E-state index contributed by atoms with van der Waals surface area (Å²) in [6.07, 6.45) is 4.62. The number of likely N-dealkylation sites (N-methyl/N-ethyl adjacent to an activating group) is 1. The zero-order valence-electron chi connectivity index (χ0n) is 8.25. The fraction of sp³-hybridized carbons (Fsp3) is 0.900. The summed E-state index contributed by atoms with van der Waals surface area (Å²) in [6, 6.07) is 0.524. The number of carbonyl (C=O) groups excluding carboxylic acids is 1. The third kappa shape index (κ3) is 2.02. The highest BCUT2D eigenvalue weighted by Gasteiger charge is 2.34. The average molecular weight is 182 g/mol. The molecule has 0 bridgehead atoms. The van der Waals surface area contributed by atoms with Gasteiger partial charge in [-0.25, -0.2) is 0 Å². The van der Waals surface area contributed by atoms with Crippen molar-refractivity contribution in [3.63, 3.8) is 0 Å². The molecule has 1 N–H and O–H groups in total.